The van der Waals surface area contributed by atoms with Crippen LogP contribution in [0, 0.1) is 0 Å². The second-order valence-corrected chi connectivity index (χ2v) is 6.66. The van der Waals surface area contributed by atoms with Crippen molar-refractivity contribution in [2.75, 3.05) is 43.4 Å². The monoisotopic (exact) mass is 352 g/mol. The molecule has 0 amide bonds. The summed E-state index contributed by atoms with van der Waals surface area (Å²) in [4.78, 5) is 13.8. The van der Waals surface area contributed by atoms with Crippen molar-refractivity contribution >= 4 is 17.5 Å². The number of hydrogen-bond donors (Lipinski definition) is 2. The minimum atomic E-state index is 0.423. The van der Waals surface area contributed by atoms with Crippen LogP contribution >= 0.6 is 0 Å². The van der Waals surface area contributed by atoms with Crippen LogP contribution in [-0.4, -0.2) is 49.1 Å². The molecule has 0 unspecified atom stereocenters. The number of benzene rings is 1. The second kappa shape index (κ2) is 8.67. The molecule has 1 fully saturated rings. The van der Waals surface area contributed by atoms with Gasteiger partial charge in [0.25, 0.3) is 0 Å². The zero-order chi connectivity index (χ0) is 18.4. The maximum absolute atomic E-state index is 6.09. The molecule has 3 N–H and O–H groups in total. The summed E-state index contributed by atoms with van der Waals surface area (Å²) in [5, 5.41) is 3.18. The van der Waals surface area contributed by atoms with Crippen LogP contribution in [0.25, 0.3) is 0 Å². The number of anilines is 2. The van der Waals surface area contributed by atoms with E-state index in [0.717, 1.165) is 49.7 Å². The van der Waals surface area contributed by atoms with Gasteiger partial charge in [-0.05, 0) is 37.2 Å². The Kier molecular flexibility index (Phi) is 6.07. The number of nitrogens with two attached hydrogens (primary N) is 1. The Hall–Kier alpha value is -2.60. The van der Waals surface area contributed by atoms with E-state index in [4.69, 9.17) is 5.73 Å². The third-order valence-electron chi connectivity index (χ3n) is 4.70. The average Bonchev–Trinajstić information content (AvgIpc) is 2.67. The number of rotatable bonds is 5. The van der Waals surface area contributed by atoms with Crippen molar-refractivity contribution < 1.29 is 0 Å². The van der Waals surface area contributed by atoms with E-state index in [2.05, 4.69) is 57.3 Å². The van der Waals surface area contributed by atoms with Gasteiger partial charge in [0.05, 0.1) is 6.54 Å². The molecule has 0 radical (unpaired) electrons. The average molecular weight is 352 g/mol. The van der Waals surface area contributed by atoms with E-state index in [1.165, 1.54) is 5.56 Å². The fraction of sp³-hybridized carbons (Fsp3) is 0.400. The molecule has 26 heavy (non-hydrogen) atoms. The van der Waals surface area contributed by atoms with Gasteiger partial charge < -0.3 is 20.9 Å². The predicted molar refractivity (Wildman–Crippen MR) is 109 cm³/mol. The summed E-state index contributed by atoms with van der Waals surface area (Å²) < 4.78 is 0. The molecule has 6 nitrogen and oxygen atoms in total. The predicted octanol–water partition coefficient (Wildman–Crippen LogP) is 2.32. The summed E-state index contributed by atoms with van der Waals surface area (Å²) in [6.07, 6.45) is 2.84. The molecule has 2 heterocycles. The first-order chi connectivity index (χ1) is 12.7. The van der Waals surface area contributed by atoms with Crippen LogP contribution in [0.1, 0.15) is 18.1 Å². The van der Waals surface area contributed by atoms with E-state index < -0.39 is 0 Å². The third kappa shape index (κ3) is 4.73. The first-order valence-electron chi connectivity index (χ1n) is 9.19. The number of aryl methyl sites for hydroxylation is 1. The zero-order valence-corrected chi connectivity index (χ0v) is 15.7. The Bertz CT molecular complexity index is 749. The number of nitrogens with one attached hydrogen (secondary N) is 1. The Labute approximate surface area is 155 Å². The summed E-state index contributed by atoms with van der Waals surface area (Å²) in [7, 11) is 2.15. The summed E-state index contributed by atoms with van der Waals surface area (Å²) >= 11 is 0. The van der Waals surface area contributed by atoms with Crippen molar-refractivity contribution in [3.8, 4) is 0 Å². The van der Waals surface area contributed by atoms with Crippen molar-refractivity contribution in [2.24, 2.45) is 10.7 Å². The number of guanidine groups is 1. The van der Waals surface area contributed by atoms with Crippen molar-refractivity contribution in [2.45, 2.75) is 19.9 Å². The number of piperazine rings is 1. The highest BCUT2D eigenvalue weighted by Gasteiger charge is 2.17. The molecule has 0 atom stereocenters. The van der Waals surface area contributed by atoms with Gasteiger partial charge in [0.15, 0.2) is 5.96 Å². The van der Waals surface area contributed by atoms with Gasteiger partial charge in [-0.15, -0.1) is 0 Å². The lowest BCUT2D eigenvalue weighted by Gasteiger charge is -2.34. The molecule has 1 aromatic carbocycles. The van der Waals surface area contributed by atoms with Gasteiger partial charge in [-0.2, -0.15) is 0 Å². The van der Waals surface area contributed by atoms with E-state index in [9.17, 15) is 0 Å². The summed E-state index contributed by atoms with van der Waals surface area (Å²) in [5.74, 6) is 1.44. The van der Waals surface area contributed by atoms with Gasteiger partial charge in [-0.1, -0.05) is 25.1 Å². The minimum absolute atomic E-state index is 0.423. The van der Waals surface area contributed by atoms with Gasteiger partial charge in [0.2, 0.25) is 0 Å². The van der Waals surface area contributed by atoms with E-state index >= 15 is 0 Å². The van der Waals surface area contributed by atoms with E-state index in [1.54, 1.807) is 0 Å². The van der Waals surface area contributed by atoms with Crippen LogP contribution in [0.3, 0.4) is 0 Å². The molecule has 1 aliphatic rings. The Morgan fingerprint density at radius 3 is 2.77 bits per heavy atom. The molecule has 2 aromatic rings. The molecule has 138 valence electrons. The highest BCUT2D eigenvalue weighted by molar-refractivity contribution is 5.92. The molecule has 1 aromatic heterocycles. The fourth-order valence-electron chi connectivity index (χ4n) is 3.08. The largest absolute Gasteiger partial charge is 0.370 e. The van der Waals surface area contributed by atoms with Crippen LogP contribution in [0.5, 0.6) is 0 Å². The van der Waals surface area contributed by atoms with Gasteiger partial charge >= 0.3 is 0 Å². The van der Waals surface area contributed by atoms with Gasteiger partial charge in [0, 0.05) is 43.6 Å². The number of aliphatic imine (C=N–C) groups is 1. The Balaban J connectivity index is 1.67. The Morgan fingerprint density at radius 1 is 1.19 bits per heavy atom. The maximum Gasteiger partial charge on any atom is 0.193 e. The molecule has 0 saturated carbocycles. The van der Waals surface area contributed by atoms with Crippen molar-refractivity contribution in [1.82, 2.24) is 9.88 Å². The highest BCUT2D eigenvalue weighted by atomic mass is 15.3. The maximum atomic E-state index is 6.09. The van der Waals surface area contributed by atoms with Crippen LogP contribution < -0.4 is 16.0 Å². The van der Waals surface area contributed by atoms with Crippen LogP contribution in [0.2, 0.25) is 0 Å². The normalized spacial score (nSPS) is 15.9. The zero-order valence-electron chi connectivity index (χ0n) is 15.7. The molecule has 1 saturated heterocycles. The van der Waals surface area contributed by atoms with E-state index in [1.807, 2.05) is 24.4 Å². The highest BCUT2D eigenvalue weighted by Crippen LogP contribution is 2.19. The topological polar surface area (TPSA) is 69.8 Å². The lowest BCUT2D eigenvalue weighted by Crippen LogP contribution is -2.45. The Morgan fingerprint density at radius 2 is 2.00 bits per heavy atom. The number of nitrogens with zero attached hydrogens (tertiary/aromatic N) is 4. The van der Waals surface area contributed by atoms with Crippen molar-refractivity contribution in [3.05, 3.63) is 53.7 Å². The molecule has 6 heteroatoms. The molecule has 0 bridgehead atoms. The number of pyridine rings is 1. The standard InChI is InChI=1S/C20H28N6/c1-3-16-6-4-8-18(14-16)24-20(21)23-15-17-7-5-9-22-19(17)26-12-10-25(2)11-13-26/h4-9,14H,3,10-13,15H2,1-2H3,(H3,21,23,24). The number of aromatic nitrogens is 1. The van der Waals surface area contributed by atoms with E-state index in [-0.39, 0.29) is 0 Å². The summed E-state index contributed by atoms with van der Waals surface area (Å²) in [5.41, 5.74) is 9.43. The van der Waals surface area contributed by atoms with Crippen LogP contribution in [-0.2, 0) is 13.0 Å². The quantitative estimate of drug-likeness (QED) is 0.638. The molecule has 1 aliphatic heterocycles. The lowest BCUT2D eigenvalue weighted by atomic mass is 10.1. The van der Waals surface area contributed by atoms with Crippen LogP contribution in [0.4, 0.5) is 11.5 Å². The SMILES string of the molecule is CCc1cccc(NC(N)=NCc2cccnc2N2CCN(C)CC2)c1. The van der Waals surface area contributed by atoms with Gasteiger partial charge in [-0.3, -0.25) is 0 Å². The number of hydrogen-bond acceptors (Lipinski definition) is 4. The summed E-state index contributed by atoms with van der Waals surface area (Å²) in [6.45, 7) is 6.73. The molecular weight excluding hydrogens is 324 g/mol. The first kappa shape index (κ1) is 18.2. The molecule has 3 rings (SSSR count). The van der Waals surface area contributed by atoms with Crippen molar-refractivity contribution in [3.63, 3.8) is 0 Å². The third-order valence-corrected chi connectivity index (χ3v) is 4.70. The molecule has 0 spiro atoms. The van der Waals surface area contributed by atoms with Gasteiger partial charge in [-0.25, -0.2) is 9.98 Å². The molecule has 0 aliphatic carbocycles. The van der Waals surface area contributed by atoms with Crippen molar-refractivity contribution in [1.29, 1.82) is 0 Å². The second-order valence-electron chi connectivity index (χ2n) is 6.66. The van der Waals surface area contributed by atoms with Crippen LogP contribution in [0.15, 0.2) is 47.6 Å². The summed E-state index contributed by atoms with van der Waals surface area (Å²) in [6, 6.07) is 12.3. The lowest BCUT2D eigenvalue weighted by molar-refractivity contribution is 0.312. The van der Waals surface area contributed by atoms with Gasteiger partial charge in [0.1, 0.15) is 5.82 Å². The minimum Gasteiger partial charge on any atom is -0.370 e. The number of likely N-dealkylation sites (N-methyl/N-ethyl adjacent to an activating group) is 1. The molecular formula is C20H28N6. The van der Waals surface area contributed by atoms with E-state index in [0.29, 0.717) is 12.5 Å². The fourth-order valence-corrected chi connectivity index (χ4v) is 3.08. The first-order valence-corrected chi connectivity index (χ1v) is 9.19. The smallest absolute Gasteiger partial charge is 0.193 e.